The first-order chi connectivity index (χ1) is 15.1. The molecule has 0 unspecified atom stereocenters. The number of aromatic nitrogens is 1. The van der Waals surface area contributed by atoms with E-state index in [1.165, 1.54) is 6.26 Å². The Labute approximate surface area is 178 Å². The van der Waals surface area contributed by atoms with Gasteiger partial charge in [0.2, 0.25) is 23.4 Å². The van der Waals surface area contributed by atoms with Crippen LogP contribution >= 0.6 is 0 Å². The molecule has 31 heavy (non-hydrogen) atoms. The van der Waals surface area contributed by atoms with Crippen LogP contribution in [-0.4, -0.2) is 54.4 Å². The lowest BCUT2D eigenvalue weighted by molar-refractivity contribution is -0.133. The molecule has 0 spiro atoms. The molecule has 3 aromatic rings. The second-order valence-corrected chi connectivity index (χ2v) is 7.07. The van der Waals surface area contributed by atoms with Crippen LogP contribution in [0.2, 0.25) is 0 Å². The Morgan fingerprint density at radius 1 is 1.10 bits per heavy atom. The van der Waals surface area contributed by atoms with Crippen molar-refractivity contribution in [3.05, 3.63) is 60.0 Å². The summed E-state index contributed by atoms with van der Waals surface area (Å²) in [4.78, 5) is 32.3. The van der Waals surface area contributed by atoms with Gasteiger partial charge in [-0.3, -0.25) is 9.59 Å². The zero-order valence-corrected chi connectivity index (χ0v) is 16.8. The largest absolute Gasteiger partial charge is 0.459 e. The topological polar surface area (TPSA) is 116 Å². The number of rotatable bonds is 6. The monoisotopic (exact) mass is 419 g/mol. The number of oxazole rings is 1. The van der Waals surface area contributed by atoms with Crippen LogP contribution in [0.25, 0.3) is 11.7 Å². The van der Waals surface area contributed by atoms with Gasteiger partial charge in [0.25, 0.3) is 5.89 Å². The van der Waals surface area contributed by atoms with Crippen molar-refractivity contribution in [2.75, 3.05) is 37.6 Å². The fourth-order valence-corrected chi connectivity index (χ4v) is 3.39. The minimum absolute atomic E-state index is 0.0416. The number of carbonyl (C=O) groups is 2. The van der Waals surface area contributed by atoms with E-state index in [4.69, 9.17) is 8.83 Å². The van der Waals surface area contributed by atoms with Crippen molar-refractivity contribution in [1.29, 1.82) is 5.26 Å². The van der Waals surface area contributed by atoms with Crippen LogP contribution in [0.4, 0.5) is 5.88 Å². The summed E-state index contributed by atoms with van der Waals surface area (Å²) in [5.41, 5.74) is 1.08. The number of anilines is 1. The molecule has 2 amide bonds. The molecular weight excluding hydrogens is 398 g/mol. The van der Waals surface area contributed by atoms with Gasteiger partial charge in [0.05, 0.1) is 19.2 Å². The molecular formula is C22H21N5O4. The molecule has 0 saturated carbocycles. The van der Waals surface area contributed by atoms with Crippen molar-refractivity contribution < 1.29 is 18.4 Å². The average molecular weight is 419 g/mol. The molecule has 9 nitrogen and oxygen atoms in total. The molecule has 3 heterocycles. The number of nitriles is 1. The van der Waals surface area contributed by atoms with Gasteiger partial charge in [0.1, 0.15) is 6.07 Å². The molecule has 0 aliphatic carbocycles. The van der Waals surface area contributed by atoms with E-state index in [1.54, 1.807) is 17.0 Å². The van der Waals surface area contributed by atoms with E-state index < -0.39 is 0 Å². The lowest BCUT2D eigenvalue weighted by Crippen LogP contribution is -2.51. The highest BCUT2D eigenvalue weighted by Gasteiger charge is 2.27. The van der Waals surface area contributed by atoms with Crippen LogP contribution in [-0.2, 0) is 16.0 Å². The fraction of sp³-hybridized carbons (Fsp3) is 0.273. The van der Waals surface area contributed by atoms with Crippen LogP contribution in [0.5, 0.6) is 0 Å². The number of amides is 2. The third-order valence-corrected chi connectivity index (χ3v) is 5.01. The second kappa shape index (κ2) is 9.17. The maximum Gasteiger partial charge on any atom is 0.266 e. The van der Waals surface area contributed by atoms with Crippen molar-refractivity contribution in [1.82, 2.24) is 15.2 Å². The third-order valence-electron chi connectivity index (χ3n) is 5.01. The predicted octanol–water partition coefficient (Wildman–Crippen LogP) is 1.81. The smallest absolute Gasteiger partial charge is 0.266 e. The first-order valence-corrected chi connectivity index (χ1v) is 9.92. The molecule has 1 saturated heterocycles. The molecule has 158 valence electrons. The zero-order valence-electron chi connectivity index (χ0n) is 16.8. The molecule has 0 bridgehead atoms. The lowest BCUT2D eigenvalue weighted by Gasteiger charge is -2.34. The highest BCUT2D eigenvalue weighted by Crippen LogP contribution is 2.29. The third kappa shape index (κ3) is 4.75. The average Bonchev–Trinajstić information content (AvgIpc) is 3.48. The molecule has 1 aliphatic heterocycles. The van der Waals surface area contributed by atoms with Crippen molar-refractivity contribution >= 4 is 17.7 Å². The Bertz CT molecular complexity index is 1080. The van der Waals surface area contributed by atoms with Gasteiger partial charge in [-0.05, 0) is 17.7 Å². The van der Waals surface area contributed by atoms with Crippen LogP contribution in [0.15, 0.2) is 57.6 Å². The highest BCUT2D eigenvalue weighted by atomic mass is 16.4. The minimum Gasteiger partial charge on any atom is -0.459 e. The van der Waals surface area contributed by atoms with E-state index in [-0.39, 0.29) is 36.4 Å². The lowest BCUT2D eigenvalue weighted by atomic mass is 10.1. The van der Waals surface area contributed by atoms with Gasteiger partial charge in [-0.15, -0.1) is 0 Å². The summed E-state index contributed by atoms with van der Waals surface area (Å²) in [7, 11) is 0. The van der Waals surface area contributed by atoms with Crippen molar-refractivity contribution in [3.63, 3.8) is 0 Å². The van der Waals surface area contributed by atoms with Gasteiger partial charge in [-0.2, -0.15) is 10.2 Å². The van der Waals surface area contributed by atoms with Crippen LogP contribution in [0.1, 0.15) is 11.3 Å². The first-order valence-electron chi connectivity index (χ1n) is 9.92. The summed E-state index contributed by atoms with van der Waals surface area (Å²) in [5.74, 6) is 0.732. The molecule has 4 rings (SSSR count). The summed E-state index contributed by atoms with van der Waals surface area (Å²) < 4.78 is 11.0. The summed E-state index contributed by atoms with van der Waals surface area (Å²) in [5, 5.41) is 12.1. The van der Waals surface area contributed by atoms with Gasteiger partial charge < -0.3 is 24.0 Å². The van der Waals surface area contributed by atoms with E-state index in [0.717, 1.165) is 5.56 Å². The number of hydrogen-bond acceptors (Lipinski definition) is 7. The molecule has 1 fully saturated rings. The maximum atomic E-state index is 12.5. The van der Waals surface area contributed by atoms with E-state index in [0.29, 0.717) is 37.8 Å². The molecule has 1 N–H and O–H groups in total. The van der Waals surface area contributed by atoms with Crippen LogP contribution in [0.3, 0.4) is 0 Å². The van der Waals surface area contributed by atoms with Crippen molar-refractivity contribution in [2.45, 2.75) is 6.42 Å². The Morgan fingerprint density at radius 2 is 1.87 bits per heavy atom. The van der Waals surface area contributed by atoms with Crippen LogP contribution in [0, 0.1) is 11.3 Å². The van der Waals surface area contributed by atoms with E-state index >= 15 is 0 Å². The normalized spacial score (nSPS) is 13.6. The molecule has 2 aromatic heterocycles. The minimum atomic E-state index is -0.191. The SMILES string of the molecule is N#Cc1nc(-c2ccco2)oc1N1CCN(C(=O)CNC(=O)Cc2ccccc2)CC1. The molecule has 0 radical (unpaired) electrons. The van der Waals surface area contributed by atoms with Crippen molar-refractivity contribution in [3.8, 4) is 17.7 Å². The Kier molecular flexibility index (Phi) is 5.98. The van der Waals surface area contributed by atoms with Gasteiger partial charge in [0, 0.05) is 26.2 Å². The number of benzene rings is 1. The zero-order chi connectivity index (χ0) is 21.6. The quantitative estimate of drug-likeness (QED) is 0.648. The van der Waals surface area contributed by atoms with E-state index in [9.17, 15) is 14.9 Å². The van der Waals surface area contributed by atoms with E-state index in [1.807, 2.05) is 41.3 Å². The van der Waals surface area contributed by atoms with Crippen LogP contribution < -0.4 is 10.2 Å². The summed E-state index contributed by atoms with van der Waals surface area (Å²) in [6, 6.07) is 14.8. The standard InChI is InChI=1S/C22H21N5O4/c23-14-17-22(31-21(25-17)18-7-4-12-30-18)27-10-8-26(9-11-27)20(29)15-24-19(28)13-16-5-2-1-3-6-16/h1-7,12H,8-11,13,15H2,(H,24,28). The summed E-state index contributed by atoms with van der Waals surface area (Å²) >= 11 is 0. The number of nitrogens with one attached hydrogen (secondary N) is 1. The maximum absolute atomic E-state index is 12.5. The molecule has 1 aromatic carbocycles. The van der Waals surface area contributed by atoms with Gasteiger partial charge in [-0.1, -0.05) is 30.3 Å². The number of nitrogens with zero attached hydrogens (tertiary/aromatic N) is 4. The number of carbonyl (C=O) groups excluding carboxylic acids is 2. The van der Waals surface area contributed by atoms with Gasteiger partial charge >= 0.3 is 0 Å². The number of hydrogen-bond donors (Lipinski definition) is 1. The highest BCUT2D eigenvalue weighted by molar-refractivity contribution is 5.85. The Balaban J connectivity index is 1.29. The van der Waals surface area contributed by atoms with Gasteiger partial charge in [-0.25, -0.2) is 0 Å². The molecule has 0 atom stereocenters. The number of piperazine rings is 1. The Morgan fingerprint density at radius 3 is 2.55 bits per heavy atom. The first kappa shape index (κ1) is 20.2. The Hall–Kier alpha value is -4.06. The summed E-state index contributed by atoms with van der Waals surface area (Å²) in [6.07, 6.45) is 1.75. The molecule has 1 aliphatic rings. The van der Waals surface area contributed by atoms with Gasteiger partial charge in [0.15, 0.2) is 5.76 Å². The van der Waals surface area contributed by atoms with Crippen molar-refractivity contribution in [2.24, 2.45) is 0 Å². The van der Waals surface area contributed by atoms with E-state index in [2.05, 4.69) is 10.3 Å². The molecule has 9 heteroatoms. The predicted molar refractivity (Wildman–Crippen MR) is 111 cm³/mol. The summed E-state index contributed by atoms with van der Waals surface area (Å²) in [6.45, 7) is 1.85. The second-order valence-electron chi connectivity index (χ2n) is 7.07. The number of furan rings is 1. The fourth-order valence-electron chi connectivity index (χ4n) is 3.39.